The van der Waals surface area contributed by atoms with Crippen molar-refractivity contribution in [2.24, 2.45) is 0 Å². The van der Waals surface area contributed by atoms with Gasteiger partial charge in [0.1, 0.15) is 5.82 Å². The maximum atomic E-state index is 4.52. The number of anilines is 1. The summed E-state index contributed by atoms with van der Waals surface area (Å²) in [7, 11) is 0. The number of nitrogens with zero attached hydrogens (tertiary/aromatic N) is 2. The van der Waals surface area contributed by atoms with Gasteiger partial charge in [-0.25, -0.2) is 4.98 Å². The summed E-state index contributed by atoms with van der Waals surface area (Å²) in [4.78, 5) is 4.52. The molecule has 1 unspecified atom stereocenters. The number of nitrogens with one attached hydrogen (secondary N) is 1. The lowest BCUT2D eigenvalue weighted by atomic mass is 10.1. The molecule has 0 aliphatic carbocycles. The van der Waals surface area contributed by atoms with E-state index in [1.165, 1.54) is 17.1 Å². The monoisotopic (exact) mass is 261 g/mol. The number of benzene rings is 1. The van der Waals surface area contributed by atoms with Gasteiger partial charge in [-0.2, -0.15) is 4.37 Å². The van der Waals surface area contributed by atoms with Crippen molar-refractivity contribution in [3.63, 3.8) is 0 Å². The molecule has 1 aromatic carbocycles. The summed E-state index contributed by atoms with van der Waals surface area (Å²) >= 11 is 1.44. The lowest BCUT2D eigenvalue weighted by Gasteiger charge is -2.16. The Bertz CT molecular complexity index is 479. The molecule has 0 bridgehead atoms. The third-order valence-electron chi connectivity index (χ3n) is 2.87. The van der Waals surface area contributed by atoms with E-state index in [1.54, 1.807) is 0 Å². The van der Waals surface area contributed by atoms with Crippen LogP contribution in [0.15, 0.2) is 30.3 Å². The molecule has 2 rings (SSSR count). The second kappa shape index (κ2) is 5.96. The highest BCUT2D eigenvalue weighted by Crippen LogP contribution is 2.24. The molecular formula is C14H19N3S. The van der Waals surface area contributed by atoms with Crippen molar-refractivity contribution >= 4 is 16.7 Å². The summed E-state index contributed by atoms with van der Waals surface area (Å²) < 4.78 is 4.36. The molecule has 0 spiro atoms. The lowest BCUT2D eigenvalue weighted by Crippen LogP contribution is -2.09. The molecule has 96 valence electrons. The van der Waals surface area contributed by atoms with Crippen molar-refractivity contribution in [3.05, 3.63) is 41.7 Å². The highest BCUT2D eigenvalue weighted by Gasteiger charge is 2.12. The zero-order valence-electron chi connectivity index (χ0n) is 11.1. The fourth-order valence-electron chi connectivity index (χ4n) is 1.78. The number of hydrogen-bond donors (Lipinski definition) is 1. The van der Waals surface area contributed by atoms with Crippen LogP contribution in [0, 0.1) is 0 Å². The second-order valence-corrected chi connectivity index (χ2v) is 5.38. The van der Waals surface area contributed by atoms with Gasteiger partial charge in [0.05, 0.1) is 6.04 Å². The van der Waals surface area contributed by atoms with Gasteiger partial charge in [0.15, 0.2) is 0 Å². The molecule has 1 N–H and O–H groups in total. The highest BCUT2D eigenvalue weighted by atomic mass is 32.1. The summed E-state index contributed by atoms with van der Waals surface area (Å²) in [6, 6.07) is 10.8. The molecule has 0 saturated carbocycles. The Morgan fingerprint density at radius 2 is 1.94 bits per heavy atom. The van der Waals surface area contributed by atoms with Crippen LogP contribution in [0.4, 0.5) is 5.13 Å². The molecule has 0 amide bonds. The Morgan fingerprint density at radius 1 is 1.22 bits per heavy atom. The van der Waals surface area contributed by atoms with Crippen LogP contribution in [0.25, 0.3) is 0 Å². The number of aromatic nitrogens is 2. The van der Waals surface area contributed by atoms with Gasteiger partial charge >= 0.3 is 0 Å². The van der Waals surface area contributed by atoms with E-state index in [0.717, 1.165) is 17.4 Å². The van der Waals surface area contributed by atoms with E-state index in [1.807, 2.05) is 6.07 Å². The van der Waals surface area contributed by atoms with Crippen LogP contribution in [-0.2, 0) is 0 Å². The van der Waals surface area contributed by atoms with Gasteiger partial charge in [-0.05, 0) is 12.0 Å². The topological polar surface area (TPSA) is 37.8 Å². The number of hydrogen-bond acceptors (Lipinski definition) is 4. The average molecular weight is 261 g/mol. The van der Waals surface area contributed by atoms with Crippen molar-refractivity contribution in [3.8, 4) is 0 Å². The van der Waals surface area contributed by atoms with E-state index in [-0.39, 0.29) is 0 Å². The summed E-state index contributed by atoms with van der Waals surface area (Å²) in [5.41, 5.74) is 1.29. The normalized spacial score (nSPS) is 12.7. The van der Waals surface area contributed by atoms with Crippen LogP contribution < -0.4 is 5.32 Å². The second-order valence-electron chi connectivity index (χ2n) is 4.63. The smallest absolute Gasteiger partial charge is 0.203 e. The summed E-state index contributed by atoms with van der Waals surface area (Å²) in [5, 5.41) is 4.38. The van der Waals surface area contributed by atoms with Gasteiger partial charge in [-0.3, -0.25) is 0 Å². The van der Waals surface area contributed by atoms with Crippen LogP contribution in [-0.4, -0.2) is 9.36 Å². The SMILES string of the molecule is CCC(Nc1nc(C(C)C)ns1)c1ccccc1. The quantitative estimate of drug-likeness (QED) is 0.875. The third-order valence-corrected chi connectivity index (χ3v) is 3.53. The van der Waals surface area contributed by atoms with Gasteiger partial charge in [-0.15, -0.1) is 0 Å². The van der Waals surface area contributed by atoms with E-state index in [9.17, 15) is 0 Å². The Hall–Kier alpha value is -1.42. The fraction of sp³-hybridized carbons (Fsp3) is 0.429. The highest BCUT2D eigenvalue weighted by molar-refractivity contribution is 7.09. The van der Waals surface area contributed by atoms with Gasteiger partial charge in [-0.1, -0.05) is 51.1 Å². The minimum Gasteiger partial charge on any atom is -0.353 e. The fourth-order valence-corrected chi connectivity index (χ4v) is 2.54. The van der Waals surface area contributed by atoms with Gasteiger partial charge < -0.3 is 5.32 Å². The van der Waals surface area contributed by atoms with Crippen molar-refractivity contribution < 1.29 is 0 Å². The molecule has 0 aliphatic rings. The summed E-state index contributed by atoms with van der Waals surface area (Å²) in [5.74, 6) is 1.30. The Morgan fingerprint density at radius 3 is 2.50 bits per heavy atom. The maximum Gasteiger partial charge on any atom is 0.203 e. The largest absolute Gasteiger partial charge is 0.353 e. The van der Waals surface area contributed by atoms with Gasteiger partial charge in [0.25, 0.3) is 0 Å². The molecule has 0 radical (unpaired) electrons. The molecular weight excluding hydrogens is 242 g/mol. The number of rotatable bonds is 5. The average Bonchev–Trinajstić information content (AvgIpc) is 2.86. The Labute approximate surface area is 112 Å². The van der Waals surface area contributed by atoms with Gasteiger partial charge in [0.2, 0.25) is 5.13 Å². The summed E-state index contributed by atoms with van der Waals surface area (Å²) in [6.07, 6.45) is 1.03. The molecule has 3 nitrogen and oxygen atoms in total. The standard InChI is InChI=1S/C14H19N3S/c1-4-12(11-8-6-5-7-9-11)15-14-16-13(10(2)3)17-18-14/h5-10,12H,4H2,1-3H3,(H,15,16,17). The molecule has 2 aromatic rings. The van der Waals surface area contributed by atoms with E-state index in [0.29, 0.717) is 12.0 Å². The molecule has 1 heterocycles. The minimum atomic E-state index is 0.305. The molecule has 0 aliphatic heterocycles. The lowest BCUT2D eigenvalue weighted by molar-refractivity contribution is 0.743. The zero-order valence-corrected chi connectivity index (χ0v) is 11.9. The maximum absolute atomic E-state index is 4.52. The molecule has 0 fully saturated rings. The van der Waals surface area contributed by atoms with E-state index in [4.69, 9.17) is 0 Å². The Kier molecular flexibility index (Phi) is 4.31. The van der Waals surface area contributed by atoms with Crippen LogP contribution in [0.2, 0.25) is 0 Å². The van der Waals surface area contributed by atoms with Crippen LogP contribution in [0.1, 0.15) is 50.5 Å². The first-order valence-corrected chi connectivity index (χ1v) is 7.13. The molecule has 0 saturated heterocycles. The van der Waals surface area contributed by atoms with Crippen LogP contribution >= 0.6 is 11.5 Å². The predicted molar refractivity (Wildman–Crippen MR) is 77.1 cm³/mol. The van der Waals surface area contributed by atoms with Crippen molar-refractivity contribution in [1.82, 2.24) is 9.36 Å². The first kappa shape index (κ1) is 13.0. The minimum absolute atomic E-state index is 0.305. The first-order chi connectivity index (χ1) is 8.70. The Balaban J connectivity index is 2.10. The van der Waals surface area contributed by atoms with Crippen LogP contribution in [0.3, 0.4) is 0 Å². The zero-order chi connectivity index (χ0) is 13.0. The van der Waals surface area contributed by atoms with E-state index in [2.05, 4.69) is 59.7 Å². The predicted octanol–water partition coefficient (Wildman–Crippen LogP) is 4.22. The van der Waals surface area contributed by atoms with Crippen LogP contribution in [0.5, 0.6) is 0 Å². The van der Waals surface area contributed by atoms with Gasteiger partial charge in [0, 0.05) is 17.5 Å². The molecule has 1 atom stereocenters. The summed E-state index contributed by atoms with van der Waals surface area (Å²) in [6.45, 7) is 6.40. The van der Waals surface area contributed by atoms with E-state index < -0.39 is 0 Å². The first-order valence-electron chi connectivity index (χ1n) is 6.35. The van der Waals surface area contributed by atoms with Crippen molar-refractivity contribution in [2.45, 2.75) is 39.2 Å². The molecule has 18 heavy (non-hydrogen) atoms. The van der Waals surface area contributed by atoms with Crippen molar-refractivity contribution in [1.29, 1.82) is 0 Å². The molecule has 4 heteroatoms. The molecule has 1 aromatic heterocycles. The van der Waals surface area contributed by atoms with Crippen molar-refractivity contribution in [2.75, 3.05) is 5.32 Å². The third kappa shape index (κ3) is 3.07. The van der Waals surface area contributed by atoms with E-state index >= 15 is 0 Å².